The second-order valence-electron chi connectivity index (χ2n) is 7.81. The number of sulfone groups is 1. The normalized spacial score (nSPS) is 19.6. The van der Waals surface area contributed by atoms with E-state index in [0.29, 0.717) is 0 Å². The summed E-state index contributed by atoms with van der Waals surface area (Å²) in [7, 11) is -2.35. The number of amides is 2. The molecular formula is C22H23FN2O5S. The molecule has 4 rings (SSSR count). The molecular weight excluding hydrogens is 423 g/mol. The van der Waals surface area contributed by atoms with E-state index in [9.17, 15) is 22.4 Å². The third kappa shape index (κ3) is 3.67. The van der Waals surface area contributed by atoms with Crippen molar-refractivity contribution >= 4 is 21.7 Å². The topological polar surface area (TPSA) is 84.0 Å². The number of hydrogen-bond acceptors (Lipinski definition) is 5. The summed E-state index contributed by atoms with van der Waals surface area (Å²) < 4.78 is 44.8. The van der Waals surface area contributed by atoms with Gasteiger partial charge in [-0.1, -0.05) is 30.3 Å². The summed E-state index contributed by atoms with van der Waals surface area (Å²) in [5.41, 5.74) is 1.01. The predicted molar refractivity (Wildman–Crippen MR) is 112 cm³/mol. The van der Waals surface area contributed by atoms with E-state index in [-0.39, 0.29) is 49.7 Å². The highest BCUT2D eigenvalue weighted by Gasteiger charge is 2.58. The van der Waals surface area contributed by atoms with Crippen molar-refractivity contribution in [1.29, 1.82) is 0 Å². The average molecular weight is 447 g/mol. The summed E-state index contributed by atoms with van der Waals surface area (Å²) in [6.45, 7) is 0.519. The zero-order chi connectivity index (χ0) is 22.2. The van der Waals surface area contributed by atoms with Crippen LogP contribution >= 0.6 is 0 Å². The Kier molecular flexibility index (Phi) is 5.47. The smallest absolute Gasteiger partial charge is 0.253 e. The number of hydrogen-bond donors (Lipinski definition) is 0. The van der Waals surface area contributed by atoms with E-state index in [1.807, 2.05) is 30.3 Å². The zero-order valence-electron chi connectivity index (χ0n) is 17.1. The minimum atomic E-state index is -3.70. The molecule has 2 saturated heterocycles. The number of rotatable bonds is 4. The highest BCUT2D eigenvalue weighted by atomic mass is 32.2. The molecule has 0 aliphatic carbocycles. The van der Waals surface area contributed by atoms with Crippen molar-refractivity contribution in [2.45, 2.75) is 24.3 Å². The maximum atomic E-state index is 14.0. The molecule has 2 amide bonds. The number of likely N-dealkylation sites (tertiary alicyclic amines) is 1. The van der Waals surface area contributed by atoms with Gasteiger partial charge in [-0.3, -0.25) is 9.59 Å². The van der Waals surface area contributed by atoms with Crippen LogP contribution in [0.4, 0.5) is 4.39 Å². The number of methoxy groups -OCH3 is 1. The van der Waals surface area contributed by atoms with Crippen molar-refractivity contribution in [1.82, 2.24) is 9.80 Å². The Bertz CT molecular complexity index is 1110. The number of benzene rings is 2. The van der Waals surface area contributed by atoms with Gasteiger partial charge in [0.05, 0.1) is 7.11 Å². The Morgan fingerprint density at radius 3 is 2.42 bits per heavy atom. The van der Waals surface area contributed by atoms with Gasteiger partial charge < -0.3 is 14.5 Å². The van der Waals surface area contributed by atoms with Crippen LogP contribution in [0.15, 0.2) is 48.5 Å². The van der Waals surface area contributed by atoms with E-state index in [1.54, 1.807) is 0 Å². The van der Waals surface area contributed by atoms with Gasteiger partial charge in [0, 0.05) is 38.0 Å². The highest BCUT2D eigenvalue weighted by Crippen LogP contribution is 2.41. The Morgan fingerprint density at radius 2 is 1.81 bits per heavy atom. The Morgan fingerprint density at radius 1 is 1.13 bits per heavy atom. The van der Waals surface area contributed by atoms with Crippen molar-refractivity contribution in [3.63, 3.8) is 0 Å². The molecule has 7 nitrogen and oxygen atoms in total. The molecule has 0 bridgehead atoms. The molecule has 0 radical (unpaired) electrons. The molecule has 0 saturated carbocycles. The largest absolute Gasteiger partial charge is 0.494 e. The molecule has 2 aromatic carbocycles. The van der Waals surface area contributed by atoms with Crippen molar-refractivity contribution in [2.75, 3.05) is 26.0 Å². The average Bonchev–Trinajstić information content (AvgIpc) is 2.94. The fourth-order valence-corrected chi connectivity index (χ4v) is 6.45. The fraction of sp³-hybridized carbons (Fsp3) is 0.364. The van der Waals surface area contributed by atoms with Crippen molar-refractivity contribution in [3.05, 3.63) is 65.5 Å². The van der Waals surface area contributed by atoms with E-state index >= 15 is 0 Å². The monoisotopic (exact) mass is 446 g/mol. The number of carbonyl (C=O) groups excluding carboxylic acids is 2. The number of ether oxygens (including phenoxy) is 1. The van der Waals surface area contributed by atoms with Gasteiger partial charge in [0.15, 0.2) is 21.4 Å². The number of halogens is 1. The third-order valence-corrected chi connectivity index (χ3v) is 8.51. The summed E-state index contributed by atoms with van der Waals surface area (Å²) in [6.07, 6.45) is 0.247. The molecule has 0 aromatic heterocycles. The van der Waals surface area contributed by atoms with Crippen LogP contribution in [0.1, 0.15) is 28.8 Å². The van der Waals surface area contributed by atoms with Gasteiger partial charge in [0.2, 0.25) is 5.91 Å². The summed E-state index contributed by atoms with van der Waals surface area (Å²) in [4.78, 5) is 27.1. The molecule has 2 heterocycles. The second kappa shape index (κ2) is 7.96. The van der Waals surface area contributed by atoms with Gasteiger partial charge in [-0.2, -0.15) is 0 Å². The van der Waals surface area contributed by atoms with Crippen LogP contribution in [0.25, 0.3) is 0 Å². The first-order chi connectivity index (χ1) is 14.8. The van der Waals surface area contributed by atoms with E-state index in [2.05, 4.69) is 0 Å². The van der Waals surface area contributed by atoms with Gasteiger partial charge in [-0.05, 0) is 23.8 Å². The minimum absolute atomic E-state index is 0.0428. The molecule has 0 N–H and O–H groups in total. The Labute approximate surface area is 180 Å². The molecule has 1 spiro atoms. The molecule has 2 fully saturated rings. The molecule has 0 atom stereocenters. The predicted octanol–water partition coefficient (Wildman–Crippen LogP) is 2.22. The van der Waals surface area contributed by atoms with Crippen LogP contribution in [0.3, 0.4) is 0 Å². The van der Waals surface area contributed by atoms with Crippen LogP contribution in [0, 0.1) is 5.82 Å². The number of nitrogens with zero attached hydrogens (tertiary/aromatic N) is 2. The molecule has 164 valence electrons. The lowest BCUT2D eigenvalue weighted by Gasteiger charge is -2.43. The highest BCUT2D eigenvalue weighted by molar-refractivity contribution is 7.93. The molecule has 9 heteroatoms. The van der Waals surface area contributed by atoms with Gasteiger partial charge in [0.25, 0.3) is 5.91 Å². The molecule has 2 aromatic rings. The number of piperidine rings is 1. The van der Waals surface area contributed by atoms with Crippen LogP contribution in [0.2, 0.25) is 0 Å². The van der Waals surface area contributed by atoms with Crippen LogP contribution < -0.4 is 4.74 Å². The van der Waals surface area contributed by atoms with Gasteiger partial charge in [-0.15, -0.1) is 0 Å². The van der Waals surface area contributed by atoms with E-state index in [0.717, 1.165) is 11.6 Å². The van der Waals surface area contributed by atoms with Crippen molar-refractivity contribution < 1.29 is 27.1 Å². The molecule has 31 heavy (non-hydrogen) atoms. The van der Waals surface area contributed by atoms with Crippen LogP contribution in [-0.2, 0) is 21.2 Å². The SMILES string of the molecule is COc1ccc(C(=O)N2CCC3(CC2)N(Cc2ccccc2)C(=O)CS3(=O)=O)cc1F. The standard InChI is InChI=1S/C22H23FN2O5S/c1-30-19-8-7-17(13-18(19)23)21(27)24-11-9-22(10-12-24)25(20(26)15-31(22,28)29)14-16-5-3-2-4-6-16/h2-8,13H,9-12,14-15H2,1H3. The molecule has 2 aliphatic heterocycles. The molecule has 2 aliphatic rings. The molecule has 0 unspecified atom stereocenters. The summed E-state index contributed by atoms with van der Waals surface area (Å²) >= 11 is 0. The van der Waals surface area contributed by atoms with Crippen LogP contribution in [0.5, 0.6) is 5.75 Å². The van der Waals surface area contributed by atoms with Gasteiger partial charge >= 0.3 is 0 Å². The first-order valence-electron chi connectivity index (χ1n) is 9.97. The van der Waals surface area contributed by atoms with Crippen LogP contribution in [-0.4, -0.2) is 60.9 Å². The lowest BCUT2D eigenvalue weighted by atomic mass is 10.00. The first-order valence-corrected chi connectivity index (χ1v) is 11.6. The Balaban J connectivity index is 1.55. The van der Waals surface area contributed by atoms with E-state index < -0.39 is 32.2 Å². The fourth-order valence-electron chi connectivity index (χ4n) is 4.39. The lowest BCUT2D eigenvalue weighted by Crippen LogP contribution is -2.56. The number of carbonyl (C=O) groups is 2. The van der Waals surface area contributed by atoms with E-state index in [1.165, 1.54) is 29.0 Å². The van der Waals surface area contributed by atoms with E-state index in [4.69, 9.17) is 4.74 Å². The lowest BCUT2D eigenvalue weighted by molar-refractivity contribution is -0.131. The van der Waals surface area contributed by atoms with Crippen molar-refractivity contribution in [2.24, 2.45) is 0 Å². The maximum Gasteiger partial charge on any atom is 0.253 e. The first kappa shape index (κ1) is 21.3. The summed E-state index contributed by atoms with van der Waals surface area (Å²) in [5.74, 6) is -1.91. The second-order valence-corrected chi connectivity index (χ2v) is 10.1. The minimum Gasteiger partial charge on any atom is -0.494 e. The van der Waals surface area contributed by atoms with Crippen molar-refractivity contribution in [3.8, 4) is 5.75 Å². The third-order valence-electron chi connectivity index (χ3n) is 6.10. The van der Waals surface area contributed by atoms with Gasteiger partial charge in [-0.25, -0.2) is 12.8 Å². The summed E-state index contributed by atoms with van der Waals surface area (Å²) in [6, 6.07) is 13.2. The summed E-state index contributed by atoms with van der Waals surface area (Å²) in [5, 5.41) is 0. The Hall–Kier alpha value is -2.94. The van der Waals surface area contributed by atoms with Gasteiger partial charge in [0.1, 0.15) is 10.6 Å². The maximum absolute atomic E-state index is 14.0. The zero-order valence-corrected chi connectivity index (χ0v) is 17.9. The quantitative estimate of drug-likeness (QED) is 0.719.